The minimum absolute atomic E-state index is 0.166. The van der Waals surface area contributed by atoms with Gasteiger partial charge in [0.25, 0.3) is 0 Å². The van der Waals surface area contributed by atoms with E-state index >= 15 is 0 Å². The Balaban J connectivity index is 1.70. The smallest absolute Gasteiger partial charge is 0.246 e. The monoisotopic (exact) mass is 290 g/mol. The highest BCUT2D eigenvalue weighted by Gasteiger charge is 2.46. The second-order valence-corrected chi connectivity index (χ2v) is 6.50. The van der Waals surface area contributed by atoms with Gasteiger partial charge in [-0.15, -0.1) is 0 Å². The lowest BCUT2D eigenvalue weighted by Crippen LogP contribution is -2.62. The number of nitrogens with zero attached hydrogens (tertiary/aromatic N) is 2. The highest BCUT2D eigenvalue weighted by molar-refractivity contribution is 5.97. The van der Waals surface area contributed by atoms with Gasteiger partial charge in [0.05, 0.1) is 0 Å². The zero-order chi connectivity index (χ0) is 14.8. The second-order valence-electron chi connectivity index (χ2n) is 6.50. The first-order valence-electron chi connectivity index (χ1n) is 8.51. The van der Waals surface area contributed by atoms with Gasteiger partial charge in [-0.25, -0.2) is 0 Å². The topological polar surface area (TPSA) is 40.6 Å². The molecule has 0 N–H and O–H groups in total. The molecule has 21 heavy (non-hydrogen) atoms. The molecule has 4 nitrogen and oxygen atoms in total. The molecule has 4 heteroatoms. The first-order chi connectivity index (χ1) is 10.2. The zero-order valence-corrected chi connectivity index (χ0v) is 13.0. The maximum absolute atomic E-state index is 12.7. The fourth-order valence-corrected chi connectivity index (χ4v) is 4.01. The number of amides is 2. The average molecular weight is 290 g/mol. The lowest BCUT2D eigenvalue weighted by Gasteiger charge is -2.42. The molecule has 1 aliphatic carbocycles. The highest BCUT2D eigenvalue weighted by Crippen LogP contribution is 2.29. The first kappa shape index (κ1) is 14.6. The van der Waals surface area contributed by atoms with Crippen LogP contribution in [0.3, 0.4) is 0 Å². The fourth-order valence-electron chi connectivity index (χ4n) is 4.01. The van der Waals surface area contributed by atoms with E-state index in [1.165, 1.54) is 31.3 Å². The molecule has 0 radical (unpaired) electrons. The Morgan fingerprint density at radius 3 is 2.76 bits per heavy atom. The number of allylic oxidation sites excluding steroid dienone is 1. The van der Waals surface area contributed by atoms with E-state index in [0.717, 1.165) is 38.8 Å². The van der Waals surface area contributed by atoms with Crippen LogP contribution in [0.25, 0.3) is 0 Å². The van der Waals surface area contributed by atoms with Crippen LogP contribution in [0.15, 0.2) is 11.6 Å². The van der Waals surface area contributed by atoms with Crippen molar-refractivity contribution < 1.29 is 9.59 Å². The Morgan fingerprint density at radius 1 is 1.19 bits per heavy atom. The third kappa shape index (κ3) is 2.72. The van der Waals surface area contributed by atoms with Gasteiger partial charge in [-0.3, -0.25) is 9.59 Å². The van der Waals surface area contributed by atoms with E-state index in [9.17, 15) is 9.59 Å². The summed E-state index contributed by atoms with van der Waals surface area (Å²) in [4.78, 5) is 29.0. The molecule has 2 atom stereocenters. The average Bonchev–Trinajstić information content (AvgIpc) is 3.00. The molecule has 2 heterocycles. The van der Waals surface area contributed by atoms with Crippen molar-refractivity contribution in [2.45, 2.75) is 70.4 Å². The van der Waals surface area contributed by atoms with E-state index in [0.29, 0.717) is 0 Å². The van der Waals surface area contributed by atoms with Crippen molar-refractivity contribution in [1.29, 1.82) is 0 Å². The number of carbonyl (C=O) groups excluding carboxylic acids is 2. The van der Waals surface area contributed by atoms with Crippen LogP contribution in [-0.2, 0) is 9.59 Å². The van der Waals surface area contributed by atoms with Crippen LogP contribution in [0.5, 0.6) is 0 Å². The SMILES string of the molecule is CCC1C(=O)N2CCCC2C(=O)N1CCC1=CCCCC1. The Hall–Kier alpha value is -1.32. The molecule has 2 amide bonds. The fraction of sp³-hybridized carbons (Fsp3) is 0.765. The van der Waals surface area contributed by atoms with Crippen LogP contribution >= 0.6 is 0 Å². The van der Waals surface area contributed by atoms with Gasteiger partial charge in [0.15, 0.2) is 0 Å². The summed E-state index contributed by atoms with van der Waals surface area (Å²) in [5, 5.41) is 0. The predicted molar refractivity (Wildman–Crippen MR) is 81.7 cm³/mol. The molecule has 2 fully saturated rings. The molecule has 2 saturated heterocycles. The summed E-state index contributed by atoms with van der Waals surface area (Å²) in [6.45, 7) is 3.50. The van der Waals surface area contributed by atoms with Gasteiger partial charge in [-0.2, -0.15) is 0 Å². The summed E-state index contributed by atoms with van der Waals surface area (Å²) in [6, 6.07) is -0.392. The number of piperazine rings is 1. The van der Waals surface area contributed by atoms with Crippen molar-refractivity contribution in [2.24, 2.45) is 0 Å². The van der Waals surface area contributed by atoms with Gasteiger partial charge in [0.2, 0.25) is 11.8 Å². The van der Waals surface area contributed by atoms with E-state index < -0.39 is 0 Å². The zero-order valence-electron chi connectivity index (χ0n) is 13.0. The van der Waals surface area contributed by atoms with Crippen molar-refractivity contribution in [3.8, 4) is 0 Å². The second kappa shape index (κ2) is 6.20. The number of hydrogen-bond acceptors (Lipinski definition) is 2. The number of carbonyl (C=O) groups is 2. The van der Waals surface area contributed by atoms with Gasteiger partial charge >= 0.3 is 0 Å². The minimum Gasteiger partial charge on any atom is -0.329 e. The van der Waals surface area contributed by atoms with Gasteiger partial charge in [0, 0.05) is 13.1 Å². The molecule has 0 saturated carbocycles. The van der Waals surface area contributed by atoms with Gasteiger partial charge < -0.3 is 9.80 Å². The molecule has 3 aliphatic rings. The summed E-state index contributed by atoms with van der Waals surface area (Å²) in [7, 11) is 0. The van der Waals surface area contributed by atoms with Crippen LogP contribution < -0.4 is 0 Å². The molecule has 3 rings (SSSR count). The van der Waals surface area contributed by atoms with E-state index in [1.54, 1.807) is 0 Å². The van der Waals surface area contributed by atoms with Crippen molar-refractivity contribution >= 4 is 11.8 Å². The first-order valence-corrected chi connectivity index (χ1v) is 8.51. The Bertz CT molecular complexity index is 458. The molecule has 0 bridgehead atoms. The molecule has 0 aromatic carbocycles. The predicted octanol–water partition coefficient (Wildman–Crippen LogP) is 2.49. The third-order valence-corrected chi connectivity index (χ3v) is 5.21. The Labute approximate surface area is 127 Å². The Morgan fingerprint density at radius 2 is 2.05 bits per heavy atom. The van der Waals surface area contributed by atoms with Crippen molar-refractivity contribution in [1.82, 2.24) is 9.80 Å². The van der Waals surface area contributed by atoms with Crippen LogP contribution in [-0.4, -0.2) is 46.8 Å². The van der Waals surface area contributed by atoms with Gasteiger partial charge in [0.1, 0.15) is 12.1 Å². The molecular weight excluding hydrogens is 264 g/mol. The molecular formula is C17H26N2O2. The van der Waals surface area contributed by atoms with E-state index in [1.807, 2.05) is 16.7 Å². The van der Waals surface area contributed by atoms with Gasteiger partial charge in [-0.1, -0.05) is 18.6 Å². The van der Waals surface area contributed by atoms with Crippen molar-refractivity contribution in [3.05, 3.63) is 11.6 Å². The molecule has 0 aromatic heterocycles. The van der Waals surface area contributed by atoms with Crippen LogP contribution in [0.1, 0.15) is 58.3 Å². The molecule has 2 aliphatic heterocycles. The minimum atomic E-state index is -0.226. The summed E-state index contributed by atoms with van der Waals surface area (Å²) >= 11 is 0. The van der Waals surface area contributed by atoms with Gasteiger partial charge in [-0.05, 0) is 51.4 Å². The number of fused-ring (bicyclic) bond motifs is 1. The molecule has 0 spiro atoms. The lowest BCUT2D eigenvalue weighted by atomic mass is 9.96. The standard InChI is InChI=1S/C17H26N2O2/c1-2-14-16(20)18-11-6-9-15(18)17(21)19(14)12-10-13-7-4-3-5-8-13/h7,14-15H,2-6,8-12H2,1H3. The van der Waals surface area contributed by atoms with E-state index in [2.05, 4.69) is 6.08 Å². The molecule has 116 valence electrons. The summed E-state index contributed by atoms with van der Waals surface area (Å²) in [5.41, 5.74) is 1.48. The van der Waals surface area contributed by atoms with Crippen LogP contribution in [0, 0.1) is 0 Å². The molecule has 0 aromatic rings. The summed E-state index contributed by atoms with van der Waals surface area (Å²) in [5.74, 6) is 0.368. The normalized spacial score (nSPS) is 29.7. The van der Waals surface area contributed by atoms with Crippen LogP contribution in [0.2, 0.25) is 0 Å². The van der Waals surface area contributed by atoms with E-state index in [-0.39, 0.29) is 23.9 Å². The third-order valence-electron chi connectivity index (χ3n) is 5.21. The summed E-state index contributed by atoms with van der Waals surface area (Å²) < 4.78 is 0. The van der Waals surface area contributed by atoms with Crippen molar-refractivity contribution in [3.63, 3.8) is 0 Å². The summed E-state index contributed by atoms with van der Waals surface area (Å²) in [6.07, 6.45) is 10.7. The van der Waals surface area contributed by atoms with E-state index in [4.69, 9.17) is 0 Å². The maximum Gasteiger partial charge on any atom is 0.246 e. The lowest BCUT2D eigenvalue weighted by molar-refractivity contribution is -0.159. The van der Waals surface area contributed by atoms with Crippen molar-refractivity contribution in [2.75, 3.05) is 13.1 Å². The highest BCUT2D eigenvalue weighted by atomic mass is 16.2. The van der Waals surface area contributed by atoms with Crippen LogP contribution in [0.4, 0.5) is 0 Å². The maximum atomic E-state index is 12.7. The number of rotatable bonds is 4. The number of hydrogen-bond donors (Lipinski definition) is 0. The quantitative estimate of drug-likeness (QED) is 0.746. The Kier molecular flexibility index (Phi) is 4.32. The molecule has 2 unspecified atom stereocenters. The largest absolute Gasteiger partial charge is 0.329 e.